The summed E-state index contributed by atoms with van der Waals surface area (Å²) in [5.41, 5.74) is 2.18. The van der Waals surface area contributed by atoms with E-state index in [0.29, 0.717) is 11.1 Å². The summed E-state index contributed by atoms with van der Waals surface area (Å²) >= 11 is 0. The number of nitrogens with one attached hydrogen (secondary N) is 2. The van der Waals surface area contributed by atoms with Crippen molar-refractivity contribution in [1.29, 1.82) is 0 Å². The van der Waals surface area contributed by atoms with Gasteiger partial charge >= 0.3 is 17.7 Å². The van der Waals surface area contributed by atoms with Gasteiger partial charge in [-0.05, 0) is 63.9 Å². The summed E-state index contributed by atoms with van der Waals surface area (Å²) < 4.78 is 16.4. The van der Waals surface area contributed by atoms with Crippen molar-refractivity contribution in [2.45, 2.75) is 52.7 Å². The van der Waals surface area contributed by atoms with E-state index in [0.717, 1.165) is 27.4 Å². The highest BCUT2D eigenvalue weighted by Gasteiger charge is 2.28. The van der Waals surface area contributed by atoms with Crippen LogP contribution in [-0.2, 0) is 16.0 Å². The zero-order valence-corrected chi connectivity index (χ0v) is 20.4. The van der Waals surface area contributed by atoms with Crippen LogP contribution in [0.25, 0.3) is 21.9 Å². The molecule has 2 aromatic carbocycles. The average molecular weight is 477 g/mol. The van der Waals surface area contributed by atoms with Gasteiger partial charge in [-0.1, -0.05) is 18.2 Å². The van der Waals surface area contributed by atoms with Crippen LogP contribution in [0.3, 0.4) is 0 Å². The number of carbonyl (C=O) groups excluding carboxylic acids is 2. The molecule has 0 saturated heterocycles. The Morgan fingerprint density at radius 2 is 1.83 bits per heavy atom. The van der Waals surface area contributed by atoms with Crippen molar-refractivity contribution in [2.24, 2.45) is 0 Å². The minimum absolute atomic E-state index is 0.183. The van der Waals surface area contributed by atoms with Crippen LogP contribution in [0.5, 0.6) is 5.75 Å². The molecule has 0 aliphatic rings. The van der Waals surface area contributed by atoms with E-state index >= 15 is 0 Å². The maximum atomic E-state index is 13.3. The Labute approximate surface area is 202 Å². The smallest absolute Gasteiger partial charge is 0.408 e. The Morgan fingerprint density at radius 3 is 2.57 bits per heavy atom. The monoisotopic (exact) mass is 476 g/mol. The Balaban J connectivity index is 1.64. The third-order valence-corrected chi connectivity index (χ3v) is 5.60. The van der Waals surface area contributed by atoms with E-state index in [1.165, 1.54) is 6.07 Å². The molecule has 8 heteroatoms. The summed E-state index contributed by atoms with van der Waals surface area (Å²) in [6, 6.07) is 11.5. The van der Waals surface area contributed by atoms with Crippen LogP contribution in [-0.4, -0.2) is 28.7 Å². The Hall–Kier alpha value is -4.07. The number of para-hydroxylation sites is 1. The van der Waals surface area contributed by atoms with Crippen molar-refractivity contribution in [3.05, 3.63) is 75.8 Å². The number of H-pyrrole nitrogens is 1. The zero-order chi connectivity index (χ0) is 25.3. The van der Waals surface area contributed by atoms with Crippen LogP contribution in [0.4, 0.5) is 4.79 Å². The van der Waals surface area contributed by atoms with Crippen LogP contribution >= 0.6 is 0 Å². The van der Waals surface area contributed by atoms with Gasteiger partial charge in [0.15, 0.2) is 0 Å². The van der Waals surface area contributed by atoms with E-state index in [1.54, 1.807) is 46.0 Å². The number of amides is 1. The first kappa shape index (κ1) is 24.1. The molecule has 182 valence electrons. The summed E-state index contributed by atoms with van der Waals surface area (Å²) in [5, 5.41) is 4.34. The van der Waals surface area contributed by atoms with Crippen molar-refractivity contribution in [1.82, 2.24) is 10.3 Å². The van der Waals surface area contributed by atoms with Gasteiger partial charge in [0.1, 0.15) is 23.0 Å². The zero-order valence-electron chi connectivity index (χ0n) is 20.4. The number of carbonyl (C=O) groups is 2. The van der Waals surface area contributed by atoms with Crippen molar-refractivity contribution < 1.29 is 23.5 Å². The lowest BCUT2D eigenvalue weighted by atomic mass is 10.0. The first-order valence-electron chi connectivity index (χ1n) is 11.3. The normalized spacial score (nSPS) is 12.5. The number of benzene rings is 2. The molecule has 2 heterocycles. The van der Waals surface area contributed by atoms with Gasteiger partial charge in [-0.2, -0.15) is 0 Å². The molecule has 0 unspecified atom stereocenters. The predicted octanol–water partition coefficient (Wildman–Crippen LogP) is 4.93. The molecule has 0 bridgehead atoms. The van der Waals surface area contributed by atoms with Gasteiger partial charge in [0.2, 0.25) is 0 Å². The van der Waals surface area contributed by atoms with Crippen molar-refractivity contribution in [3.8, 4) is 5.75 Å². The second-order valence-corrected chi connectivity index (χ2v) is 9.50. The third-order valence-electron chi connectivity index (χ3n) is 5.60. The van der Waals surface area contributed by atoms with Crippen LogP contribution in [0.1, 0.15) is 37.5 Å². The van der Waals surface area contributed by atoms with Gasteiger partial charge in [0.25, 0.3) is 0 Å². The average Bonchev–Trinajstić information content (AvgIpc) is 3.17. The standard InChI is InChI=1S/C27H28N2O6/c1-15-12-23(30)34-24-16(2)22(11-10-18(15)24)33-25(31)21(29-26(32)35-27(3,4)5)13-17-14-28-20-9-7-6-8-19(17)20/h6-12,14,21,28H,13H2,1-5H3,(H,29,32)/t21-/m1/s1. The highest BCUT2D eigenvalue weighted by molar-refractivity contribution is 5.89. The minimum Gasteiger partial charge on any atom is -0.444 e. The molecule has 35 heavy (non-hydrogen) atoms. The molecule has 0 saturated carbocycles. The van der Waals surface area contributed by atoms with Crippen LogP contribution < -0.4 is 15.7 Å². The fraction of sp³-hybridized carbons (Fsp3) is 0.296. The number of aryl methyl sites for hydroxylation is 2. The summed E-state index contributed by atoms with van der Waals surface area (Å²) in [5.74, 6) is -0.426. The molecule has 2 aromatic heterocycles. The number of fused-ring (bicyclic) bond motifs is 2. The first-order chi connectivity index (χ1) is 16.5. The van der Waals surface area contributed by atoms with Crippen LogP contribution in [0.2, 0.25) is 0 Å². The number of aromatic amines is 1. The minimum atomic E-state index is -1.02. The van der Waals surface area contributed by atoms with E-state index < -0.39 is 29.3 Å². The molecule has 0 fully saturated rings. The molecular formula is C27H28N2O6. The third kappa shape index (κ3) is 5.37. The summed E-state index contributed by atoms with van der Waals surface area (Å²) in [4.78, 5) is 40.9. The van der Waals surface area contributed by atoms with Crippen LogP contribution in [0, 0.1) is 13.8 Å². The van der Waals surface area contributed by atoms with E-state index in [4.69, 9.17) is 13.9 Å². The van der Waals surface area contributed by atoms with E-state index in [1.807, 2.05) is 31.2 Å². The Kier molecular flexibility index (Phi) is 6.39. The second kappa shape index (κ2) is 9.29. The highest BCUT2D eigenvalue weighted by atomic mass is 16.6. The van der Waals surface area contributed by atoms with Gasteiger partial charge in [0.05, 0.1) is 0 Å². The van der Waals surface area contributed by atoms with Gasteiger partial charge in [-0.3, -0.25) is 0 Å². The lowest BCUT2D eigenvalue weighted by molar-refractivity contribution is -0.136. The number of rotatable bonds is 5. The predicted molar refractivity (Wildman–Crippen MR) is 133 cm³/mol. The molecular weight excluding hydrogens is 448 g/mol. The second-order valence-electron chi connectivity index (χ2n) is 9.50. The maximum Gasteiger partial charge on any atom is 0.408 e. The van der Waals surface area contributed by atoms with E-state index in [9.17, 15) is 14.4 Å². The van der Waals surface area contributed by atoms with Gasteiger partial charge in [-0.15, -0.1) is 0 Å². The van der Waals surface area contributed by atoms with Gasteiger partial charge in [0, 0.05) is 40.5 Å². The fourth-order valence-electron chi connectivity index (χ4n) is 3.95. The Bertz CT molecular complexity index is 1470. The topological polar surface area (TPSA) is 111 Å². The lowest BCUT2D eigenvalue weighted by Crippen LogP contribution is -2.46. The van der Waals surface area contributed by atoms with E-state index in [2.05, 4.69) is 10.3 Å². The van der Waals surface area contributed by atoms with E-state index in [-0.39, 0.29) is 12.2 Å². The molecule has 0 radical (unpaired) electrons. The molecule has 4 rings (SSSR count). The number of hydrogen-bond acceptors (Lipinski definition) is 6. The first-order valence-corrected chi connectivity index (χ1v) is 11.3. The number of ether oxygens (including phenoxy) is 2. The maximum absolute atomic E-state index is 13.3. The summed E-state index contributed by atoms with van der Waals surface area (Å²) in [6.45, 7) is 8.75. The van der Waals surface area contributed by atoms with Crippen molar-refractivity contribution >= 4 is 33.9 Å². The largest absolute Gasteiger partial charge is 0.444 e. The summed E-state index contributed by atoms with van der Waals surface area (Å²) in [6.07, 6.45) is 1.26. The fourth-order valence-corrected chi connectivity index (χ4v) is 3.95. The molecule has 0 spiro atoms. The SMILES string of the molecule is Cc1cc(=O)oc2c(C)c(OC(=O)[C@@H](Cc3c[nH]c4ccccc34)NC(=O)OC(C)(C)C)ccc12. The van der Waals surface area contributed by atoms with Crippen LogP contribution in [0.15, 0.2) is 57.9 Å². The molecule has 0 aliphatic heterocycles. The molecule has 0 aliphatic carbocycles. The number of alkyl carbamates (subject to hydrolysis) is 1. The van der Waals surface area contributed by atoms with Crippen molar-refractivity contribution in [2.75, 3.05) is 0 Å². The molecule has 1 atom stereocenters. The van der Waals surface area contributed by atoms with Gasteiger partial charge in [-0.25, -0.2) is 14.4 Å². The summed E-state index contributed by atoms with van der Waals surface area (Å²) in [7, 11) is 0. The molecule has 8 nitrogen and oxygen atoms in total. The van der Waals surface area contributed by atoms with Crippen molar-refractivity contribution in [3.63, 3.8) is 0 Å². The number of esters is 1. The highest BCUT2D eigenvalue weighted by Crippen LogP contribution is 2.29. The molecule has 4 aromatic rings. The van der Waals surface area contributed by atoms with Gasteiger partial charge < -0.3 is 24.2 Å². The number of aromatic nitrogens is 1. The Morgan fingerprint density at radius 1 is 1.09 bits per heavy atom. The number of hydrogen-bond donors (Lipinski definition) is 2. The quantitative estimate of drug-likeness (QED) is 0.240. The molecule has 1 amide bonds. The lowest BCUT2D eigenvalue weighted by Gasteiger charge is -2.23. The molecule has 2 N–H and O–H groups in total.